The number of carbonyl (C=O) groups is 1. The number of hydrogen-bond donors (Lipinski definition) is 0. The minimum atomic E-state index is -0.0496. The largest absolute Gasteiger partial charge is 0.472 e. The van der Waals surface area contributed by atoms with Crippen LogP contribution in [0.5, 0.6) is 5.88 Å². The Balaban J connectivity index is 1.70. The summed E-state index contributed by atoms with van der Waals surface area (Å²) < 4.78 is 5.94. The molecule has 0 radical (unpaired) electrons. The van der Waals surface area contributed by atoms with E-state index in [2.05, 4.69) is 15.0 Å². The fourth-order valence-electron chi connectivity index (χ4n) is 2.78. The third-order valence-corrected chi connectivity index (χ3v) is 4.61. The zero-order valence-corrected chi connectivity index (χ0v) is 14.6. The van der Waals surface area contributed by atoms with Crippen LogP contribution in [0.15, 0.2) is 35.6 Å². The first-order chi connectivity index (χ1) is 11.7. The molecule has 3 heterocycles. The van der Waals surface area contributed by atoms with Crippen molar-refractivity contribution in [1.29, 1.82) is 0 Å². The number of ether oxygens (including phenoxy) is 1. The molecule has 1 saturated heterocycles. The second-order valence-corrected chi connectivity index (χ2v) is 6.43. The van der Waals surface area contributed by atoms with Crippen molar-refractivity contribution in [1.82, 2.24) is 19.9 Å². The fraction of sp³-hybridized carbons (Fsp3) is 0.412. The van der Waals surface area contributed by atoms with E-state index >= 15 is 0 Å². The van der Waals surface area contributed by atoms with E-state index in [1.807, 2.05) is 24.1 Å². The van der Waals surface area contributed by atoms with E-state index in [0.29, 0.717) is 23.8 Å². The van der Waals surface area contributed by atoms with Gasteiger partial charge in [-0.15, -0.1) is 11.8 Å². The monoisotopic (exact) mass is 344 g/mol. The minimum Gasteiger partial charge on any atom is -0.472 e. The summed E-state index contributed by atoms with van der Waals surface area (Å²) in [6.07, 6.45) is 7.10. The molecule has 0 aliphatic carbocycles. The summed E-state index contributed by atoms with van der Waals surface area (Å²) in [4.78, 5) is 27.3. The molecule has 0 bridgehead atoms. The third kappa shape index (κ3) is 3.84. The van der Waals surface area contributed by atoms with Crippen molar-refractivity contribution in [2.45, 2.75) is 30.9 Å². The highest BCUT2D eigenvalue weighted by Gasteiger charge is 2.27. The molecule has 0 spiro atoms. The summed E-state index contributed by atoms with van der Waals surface area (Å²) in [5.41, 5.74) is 0.656. The first-order valence-electron chi connectivity index (χ1n) is 7.92. The van der Waals surface area contributed by atoms with E-state index in [1.165, 1.54) is 11.8 Å². The smallest absolute Gasteiger partial charge is 0.256 e. The van der Waals surface area contributed by atoms with Crippen LogP contribution in [-0.4, -0.2) is 51.2 Å². The molecule has 1 atom stereocenters. The first kappa shape index (κ1) is 16.7. The van der Waals surface area contributed by atoms with E-state index < -0.39 is 0 Å². The van der Waals surface area contributed by atoms with Crippen LogP contribution < -0.4 is 4.74 Å². The van der Waals surface area contributed by atoms with Crippen LogP contribution in [0.1, 0.15) is 29.0 Å². The molecule has 0 N–H and O–H groups in total. The van der Waals surface area contributed by atoms with Gasteiger partial charge in [0, 0.05) is 25.0 Å². The number of amides is 1. The van der Waals surface area contributed by atoms with Crippen molar-refractivity contribution < 1.29 is 9.53 Å². The highest BCUT2D eigenvalue weighted by Crippen LogP contribution is 2.22. The molecule has 24 heavy (non-hydrogen) atoms. The van der Waals surface area contributed by atoms with Gasteiger partial charge in [-0.05, 0) is 38.2 Å². The molecule has 1 amide bonds. The van der Waals surface area contributed by atoms with Gasteiger partial charge in [-0.3, -0.25) is 4.79 Å². The van der Waals surface area contributed by atoms with Crippen LogP contribution in [0, 0.1) is 6.92 Å². The predicted molar refractivity (Wildman–Crippen MR) is 92.3 cm³/mol. The lowest BCUT2D eigenvalue weighted by molar-refractivity contribution is 0.0523. The average Bonchev–Trinajstić information content (AvgIpc) is 2.61. The van der Waals surface area contributed by atoms with E-state index in [-0.39, 0.29) is 12.0 Å². The molecule has 2 aromatic rings. The van der Waals surface area contributed by atoms with E-state index in [4.69, 9.17) is 4.74 Å². The standard InChI is InChI=1S/C17H20N4O2S/c1-12-18-9-7-15(20-12)23-13-5-4-10-21(11-13)17(22)14-6-3-8-19-16(14)24-2/h3,6-9,13H,4-5,10-11H2,1-2H3. The number of rotatable bonds is 4. The van der Waals surface area contributed by atoms with Gasteiger partial charge in [-0.25, -0.2) is 9.97 Å². The Kier molecular flexibility index (Phi) is 5.30. The van der Waals surface area contributed by atoms with E-state index in [9.17, 15) is 4.79 Å². The lowest BCUT2D eigenvalue weighted by Gasteiger charge is -2.32. The highest BCUT2D eigenvalue weighted by molar-refractivity contribution is 7.98. The lowest BCUT2D eigenvalue weighted by atomic mass is 10.1. The maximum atomic E-state index is 12.8. The maximum Gasteiger partial charge on any atom is 0.256 e. The number of nitrogens with zero attached hydrogens (tertiary/aromatic N) is 4. The number of likely N-dealkylation sites (tertiary alicyclic amines) is 1. The molecule has 1 aliphatic heterocycles. The SMILES string of the molecule is CSc1ncccc1C(=O)N1CCCC(Oc2ccnc(C)n2)C1. The molecule has 0 saturated carbocycles. The van der Waals surface area contributed by atoms with Crippen molar-refractivity contribution in [2.75, 3.05) is 19.3 Å². The number of carbonyl (C=O) groups excluding carboxylic acids is 1. The molecule has 1 unspecified atom stereocenters. The first-order valence-corrected chi connectivity index (χ1v) is 9.14. The summed E-state index contributed by atoms with van der Waals surface area (Å²) >= 11 is 1.49. The van der Waals surface area contributed by atoms with Gasteiger partial charge < -0.3 is 9.64 Å². The number of aromatic nitrogens is 3. The molecular formula is C17H20N4O2S. The van der Waals surface area contributed by atoms with Crippen LogP contribution >= 0.6 is 11.8 Å². The van der Waals surface area contributed by atoms with Gasteiger partial charge in [-0.2, -0.15) is 4.98 Å². The Labute approximate surface area is 145 Å². The molecule has 1 fully saturated rings. The van der Waals surface area contributed by atoms with E-state index in [1.54, 1.807) is 24.5 Å². The molecule has 6 nitrogen and oxygen atoms in total. The molecular weight excluding hydrogens is 324 g/mol. The molecule has 2 aromatic heterocycles. The highest BCUT2D eigenvalue weighted by atomic mass is 32.2. The van der Waals surface area contributed by atoms with Gasteiger partial charge in [0.05, 0.1) is 12.1 Å². The Morgan fingerprint density at radius 2 is 2.21 bits per heavy atom. The summed E-state index contributed by atoms with van der Waals surface area (Å²) in [5.74, 6) is 1.25. The number of aryl methyl sites for hydroxylation is 1. The van der Waals surface area contributed by atoms with Crippen LogP contribution in [0.25, 0.3) is 0 Å². The van der Waals surface area contributed by atoms with Crippen molar-refractivity contribution >= 4 is 17.7 Å². The molecule has 126 valence electrons. The van der Waals surface area contributed by atoms with Crippen LogP contribution in [0.4, 0.5) is 0 Å². The Morgan fingerprint density at radius 1 is 1.33 bits per heavy atom. The van der Waals surface area contributed by atoms with Gasteiger partial charge in [-0.1, -0.05) is 0 Å². The predicted octanol–water partition coefficient (Wildman–Crippen LogP) is 2.59. The average molecular weight is 344 g/mol. The summed E-state index contributed by atoms with van der Waals surface area (Å²) in [6.45, 7) is 3.13. The number of piperidine rings is 1. The molecule has 0 aromatic carbocycles. The summed E-state index contributed by atoms with van der Waals surface area (Å²) in [6, 6.07) is 5.38. The number of hydrogen-bond acceptors (Lipinski definition) is 6. The van der Waals surface area contributed by atoms with Gasteiger partial charge >= 0.3 is 0 Å². The van der Waals surface area contributed by atoms with Gasteiger partial charge in [0.2, 0.25) is 5.88 Å². The zero-order chi connectivity index (χ0) is 16.9. The fourth-order valence-corrected chi connectivity index (χ4v) is 3.32. The van der Waals surface area contributed by atoms with Crippen LogP contribution in [-0.2, 0) is 0 Å². The van der Waals surface area contributed by atoms with Gasteiger partial charge in [0.1, 0.15) is 17.0 Å². The van der Waals surface area contributed by atoms with Crippen LogP contribution in [0.3, 0.4) is 0 Å². The quantitative estimate of drug-likeness (QED) is 0.794. The van der Waals surface area contributed by atoms with Crippen molar-refractivity contribution in [3.63, 3.8) is 0 Å². The van der Waals surface area contributed by atoms with Gasteiger partial charge in [0.15, 0.2) is 0 Å². The van der Waals surface area contributed by atoms with Crippen LogP contribution in [0.2, 0.25) is 0 Å². The molecule has 3 rings (SSSR count). The molecule has 1 aliphatic rings. The minimum absolute atomic E-state index is 0.0135. The van der Waals surface area contributed by atoms with Gasteiger partial charge in [0.25, 0.3) is 5.91 Å². The van der Waals surface area contributed by atoms with Crippen molar-refractivity contribution in [2.24, 2.45) is 0 Å². The molecule has 7 heteroatoms. The van der Waals surface area contributed by atoms with Crippen molar-refractivity contribution in [3.8, 4) is 5.88 Å². The second kappa shape index (κ2) is 7.61. The number of pyridine rings is 1. The summed E-state index contributed by atoms with van der Waals surface area (Å²) in [7, 11) is 0. The van der Waals surface area contributed by atoms with Crippen molar-refractivity contribution in [3.05, 3.63) is 42.0 Å². The lowest BCUT2D eigenvalue weighted by Crippen LogP contribution is -2.44. The Hall–Kier alpha value is -2.15. The third-order valence-electron chi connectivity index (χ3n) is 3.90. The Morgan fingerprint density at radius 3 is 3.00 bits per heavy atom. The zero-order valence-electron chi connectivity index (χ0n) is 13.8. The second-order valence-electron chi connectivity index (χ2n) is 5.64. The maximum absolute atomic E-state index is 12.8. The van der Waals surface area contributed by atoms with E-state index in [0.717, 1.165) is 24.4 Å². The Bertz CT molecular complexity index is 725. The number of thioether (sulfide) groups is 1. The summed E-state index contributed by atoms with van der Waals surface area (Å²) in [5, 5.41) is 0.761. The normalized spacial score (nSPS) is 17.6. The topological polar surface area (TPSA) is 68.2 Å².